The van der Waals surface area contributed by atoms with E-state index >= 15 is 0 Å². The number of rotatable bonds is 6. The molecule has 0 unspecified atom stereocenters. The second-order valence-electron chi connectivity index (χ2n) is 6.02. The third kappa shape index (κ3) is 4.46. The van der Waals surface area contributed by atoms with Crippen LogP contribution in [-0.4, -0.2) is 29.5 Å². The Morgan fingerprint density at radius 3 is 1.89 bits per heavy atom. The summed E-state index contributed by atoms with van der Waals surface area (Å²) in [6.07, 6.45) is -0.0142. The number of nitrogens with zero attached hydrogens (tertiary/aromatic N) is 1. The zero-order valence-corrected chi connectivity index (χ0v) is 15.8. The molecule has 0 bridgehead atoms. The van der Waals surface area contributed by atoms with Gasteiger partial charge in [0.2, 0.25) is 9.84 Å². The van der Waals surface area contributed by atoms with Crippen LogP contribution in [0.15, 0.2) is 67.9 Å². The lowest BCUT2D eigenvalue weighted by Crippen LogP contribution is -2.24. The number of aromatic amines is 2. The summed E-state index contributed by atoms with van der Waals surface area (Å²) < 4.78 is 36.3. The molecule has 0 saturated carbocycles. The topological polar surface area (TPSA) is 131 Å². The highest BCUT2D eigenvalue weighted by Gasteiger charge is 2.18. The summed E-state index contributed by atoms with van der Waals surface area (Å²) in [5, 5.41) is 0. The van der Waals surface area contributed by atoms with Crippen LogP contribution >= 0.6 is 0 Å². The summed E-state index contributed by atoms with van der Waals surface area (Å²) in [5.74, 6) is 0.783. The molecule has 3 aromatic rings. The lowest BCUT2D eigenvalue weighted by atomic mass is 10.3. The van der Waals surface area contributed by atoms with Crippen molar-refractivity contribution in [3.63, 3.8) is 0 Å². The number of nitrogens with one attached hydrogen (secondary N) is 2. The van der Waals surface area contributed by atoms with E-state index in [1.807, 2.05) is 18.8 Å². The number of hydrogen-bond donors (Lipinski definition) is 2. The third-order valence-electron chi connectivity index (χ3n) is 3.50. The van der Waals surface area contributed by atoms with Gasteiger partial charge in [-0.1, -0.05) is 0 Å². The van der Waals surface area contributed by atoms with Crippen molar-refractivity contribution in [1.29, 1.82) is 0 Å². The van der Waals surface area contributed by atoms with Crippen molar-refractivity contribution in [2.75, 3.05) is 0 Å². The molecule has 1 heterocycles. The third-order valence-corrected chi connectivity index (χ3v) is 5.28. The van der Waals surface area contributed by atoms with Gasteiger partial charge in [-0.25, -0.2) is 18.0 Å². The van der Waals surface area contributed by atoms with E-state index in [0.717, 1.165) is 0 Å². The highest BCUT2D eigenvalue weighted by Crippen LogP contribution is 2.26. The van der Waals surface area contributed by atoms with E-state index in [1.54, 1.807) is 12.1 Å². The molecule has 10 heteroatoms. The normalized spacial score (nSPS) is 11.4. The quantitative estimate of drug-likeness (QED) is 0.642. The zero-order valence-electron chi connectivity index (χ0n) is 15.0. The predicted molar refractivity (Wildman–Crippen MR) is 99.7 cm³/mol. The largest absolute Gasteiger partial charge is 0.491 e. The van der Waals surface area contributed by atoms with Crippen molar-refractivity contribution in [3.05, 3.63) is 69.5 Å². The number of sulfone groups is 1. The second kappa shape index (κ2) is 7.69. The van der Waals surface area contributed by atoms with E-state index in [9.17, 15) is 18.0 Å². The summed E-state index contributed by atoms with van der Waals surface area (Å²) in [6, 6.07) is 11.3. The maximum atomic E-state index is 12.7. The van der Waals surface area contributed by atoms with E-state index in [0.29, 0.717) is 5.75 Å². The monoisotopic (exact) mass is 403 g/mol. The summed E-state index contributed by atoms with van der Waals surface area (Å²) in [4.78, 5) is 30.1. The van der Waals surface area contributed by atoms with E-state index in [2.05, 4.69) is 9.97 Å². The highest BCUT2D eigenvalue weighted by molar-refractivity contribution is 7.91. The summed E-state index contributed by atoms with van der Waals surface area (Å²) >= 11 is 0. The Bertz CT molecular complexity index is 1150. The summed E-state index contributed by atoms with van der Waals surface area (Å²) in [7, 11) is -3.73. The lowest BCUT2D eigenvalue weighted by molar-refractivity contribution is 0.242. The first kappa shape index (κ1) is 19.4. The van der Waals surface area contributed by atoms with Crippen LogP contribution < -0.4 is 20.9 Å². The lowest BCUT2D eigenvalue weighted by Gasteiger charge is -2.10. The Morgan fingerprint density at radius 1 is 0.857 bits per heavy atom. The van der Waals surface area contributed by atoms with E-state index in [4.69, 9.17) is 9.47 Å². The molecule has 9 nitrogen and oxygen atoms in total. The molecular formula is C18H17N3O6S. The van der Waals surface area contributed by atoms with Crippen molar-refractivity contribution >= 4 is 9.84 Å². The highest BCUT2D eigenvalue weighted by atomic mass is 32.2. The molecule has 3 rings (SSSR count). The van der Waals surface area contributed by atoms with Crippen LogP contribution in [0.5, 0.6) is 17.5 Å². The summed E-state index contributed by atoms with van der Waals surface area (Å²) in [6.45, 7) is 3.76. The van der Waals surface area contributed by atoms with Crippen molar-refractivity contribution < 1.29 is 17.9 Å². The van der Waals surface area contributed by atoms with Crippen molar-refractivity contribution in [2.45, 2.75) is 29.7 Å². The van der Waals surface area contributed by atoms with Crippen LogP contribution in [0.2, 0.25) is 0 Å². The molecule has 146 valence electrons. The molecule has 0 aliphatic heterocycles. The minimum absolute atomic E-state index is 0.0142. The maximum Gasteiger partial charge on any atom is 0.353 e. The Labute approximate surface area is 159 Å². The molecule has 2 N–H and O–H groups in total. The molecule has 0 aliphatic rings. The van der Waals surface area contributed by atoms with Crippen LogP contribution in [0.4, 0.5) is 0 Å². The molecule has 0 saturated heterocycles. The number of H-pyrrole nitrogens is 2. The first-order chi connectivity index (χ1) is 13.2. The standard InChI is InChI=1S/C18H17N3O6S/c1-11(2)26-12-3-7-14(8-4-12)28(24,25)15-9-5-13(6-10-15)27-18-20-16(22)19-17(23)21-18/h3-11H,1-2H3,(H2,19,20,21,22,23). The van der Waals surface area contributed by atoms with Gasteiger partial charge in [0.1, 0.15) is 11.5 Å². The maximum absolute atomic E-state index is 12.7. The summed E-state index contributed by atoms with van der Waals surface area (Å²) in [5.41, 5.74) is -1.62. The van der Waals surface area contributed by atoms with Gasteiger partial charge in [-0.15, -0.1) is 4.98 Å². The minimum atomic E-state index is -3.73. The molecule has 1 aromatic heterocycles. The molecule has 0 spiro atoms. The van der Waals surface area contributed by atoms with Gasteiger partial charge in [-0.2, -0.15) is 0 Å². The van der Waals surface area contributed by atoms with Crippen LogP contribution in [0.25, 0.3) is 0 Å². The van der Waals surface area contributed by atoms with Gasteiger partial charge in [-0.05, 0) is 62.4 Å². The van der Waals surface area contributed by atoms with Gasteiger partial charge in [0.15, 0.2) is 0 Å². The first-order valence-electron chi connectivity index (χ1n) is 8.24. The van der Waals surface area contributed by atoms with Crippen LogP contribution in [-0.2, 0) is 9.84 Å². The van der Waals surface area contributed by atoms with Gasteiger partial charge in [0.25, 0.3) is 0 Å². The van der Waals surface area contributed by atoms with Gasteiger partial charge in [0, 0.05) is 0 Å². The van der Waals surface area contributed by atoms with E-state index < -0.39 is 21.2 Å². The molecule has 0 radical (unpaired) electrons. The Hall–Kier alpha value is -3.40. The van der Waals surface area contributed by atoms with E-state index in [1.165, 1.54) is 36.4 Å². The van der Waals surface area contributed by atoms with Crippen LogP contribution in [0, 0.1) is 0 Å². The van der Waals surface area contributed by atoms with Crippen LogP contribution in [0.1, 0.15) is 13.8 Å². The molecule has 28 heavy (non-hydrogen) atoms. The number of hydrogen-bond acceptors (Lipinski definition) is 7. The molecule has 0 fully saturated rings. The smallest absolute Gasteiger partial charge is 0.353 e. The molecule has 0 amide bonds. The first-order valence-corrected chi connectivity index (χ1v) is 9.73. The number of aromatic nitrogens is 3. The minimum Gasteiger partial charge on any atom is -0.491 e. The van der Waals surface area contributed by atoms with Crippen molar-refractivity contribution in [2.24, 2.45) is 0 Å². The van der Waals surface area contributed by atoms with Gasteiger partial charge < -0.3 is 9.47 Å². The van der Waals surface area contributed by atoms with Crippen molar-refractivity contribution in [1.82, 2.24) is 15.0 Å². The fraction of sp³-hybridized carbons (Fsp3) is 0.167. The molecule has 2 aromatic carbocycles. The SMILES string of the molecule is CC(C)Oc1ccc(S(=O)(=O)c2ccc(Oc3nc(=O)[nH]c(=O)[nH]3)cc2)cc1. The fourth-order valence-corrected chi connectivity index (χ4v) is 3.59. The van der Waals surface area contributed by atoms with Gasteiger partial charge >= 0.3 is 17.4 Å². The number of benzene rings is 2. The van der Waals surface area contributed by atoms with E-state index in [-0.39, 0.29) is 27.7 Å². The Morgan fingerprint density at radius 2 is 1.39 bits per heavy atom. The zero-order chi connectivity index (χ0) is 20.3. The average Bonchev–Trinajstić information content (AvgIpc) is 2.61. The number of ether oxygens (including phenoxy) is 2. The van der Waals surface area contributed by atoms with Crippen molar-refractivity contribution in [3.8, 4) is 17.5 Å². The van der Waals surface area contributed by atoms with Crippen LogP contribution in [0.3, 0.4) is 0 Å². The van der Waals surface area contributed by atoms with Gasteiger partial charge in [0.05, 0.1) is 15.9 Å². The predicted octanol–water partition coefficient (Wildman–Crippen LogP) is 1.87. The van der Waals surface area contributed by atoms with Gasteiger partial charge in [-0.3, -0.25) is 9.97 Å². The Balaban J connectivity index is 1.81. The Kier molecular flexibility index (Phi) is 5.32. The molecule has 0 aliphatic carbocycles. The average molecular weight is 403 g/mol. The fourth-order valence-electron chi connectivity index (χ4n) is 2.33. The molecule has 0 atom stereocenters. The second-order valence-corrected chi connectivity index (χ2v) is 7.97. The molecular weight excluding hydrogens is 386 g/mol.